The Hall–Kier alpha value is 0.170. The molecule has 132 valence electrons. The van der Waals surface area contributed by atoms with Crippen molar-refractivity contribution in [1.29, 1.82) is 0 Å². The van der Waals surface area contributed by atoms with E-state index in [-0.39, 0.29) is 0 Å². The molecule has 0 aliphatic rings. The zero-order valence-corrected chi connectivity index (χ0v) is 16.1. The molecule has 0 aromatic rings. The molecule has 0 radical (unpaired) electrons. The van der Waals surface area contributed by atoms with Crippen LogP contribution in [-0.2, 0) is 4.79 Å². The molecule has 0 aliphatic heterocycles. The standard InChI is InChI=1S/C18H36O2S2/c1-2-3-8-11-16(21)14-15-17(22)12-9-6-4-5-7-10-13-18(19)20/h16-17,21-22H,2-15H2,1H3,(H,19,20). The van der Waals surface area contributed by atoms with Crippen molar-refractivity contribution in [3.8, 4) is 0 Å². The van der Waals surface area contributed by atoms with Gasteiger partial charge in [-0.15, -0.1) is 0 Å². The van der Waals surface area contributed by atoms with Crippen molar-refractivity contribution in [2.24, 2.45) is 0 Å². The van der Waals surface area contributed by atoms with Gasteiger partial charge in [0.2, 0.25) is 0 Å². The van der Waals surface area contributed by atoms with E-state index in [1.807, 2.05) is 0 Å². The number of hydrogen-bond acceptors (Lipinski definition) is 3. The van der Waals surface area contributed by atoms with E-state index in [1.54, 1.807) is 0 Å². The number of carboxylic acid groups (broad SMARTS) is 1. The summed E-state index contributed by atoms with van der Waals surface area (Å²) in [6, 6.07) is 0. The maximum Gasteiger partial charge on any atom is 0.303 e. The lowest BCUT2D eigenvalue weighted by Crippen LogP contribution is -2.05. The van der Waals surface area contributed by atoms with E-state index in [9.17, 15) is 4.79 Å². The Balaban J connectivity index is 3.31. The molecular weight excluding hydrogens is 312 g/mol. The van der Waals surface area contributed by atoms with Gasteiger partial charge in [0.25, 0.3) is 0 Å². The summed E-state index contributed by atoms with van der Waals surface area (Å²) in [5.74, 6) is -0.671. The van der Waals surface area contributed by atoms with Crippen LogP contribution in [0.1, 0.15) is 96.8 Å². The van der Waals surface area contributed by atoms with Crippen LogP contribution < -0.4 is 0 Å². The summed E-state index contributed by atoms with van der Waals surface area (Å²) in [4.78, 5) is 10.4. The zero-order chi connectivity index (χ0) is 16.6. The van der Waals surface area contributed by atoms with Crippen molar-refractivity contribution in [1.82, 2.24) is 0 Å². The summed E-state index contributed by atoms with van der Waals surface area (Å²) >= 11 is 9.37. The number of unbranched alkanes of at least 4 members (excludes halogenated alkanes) is 7. The monoisotopic (exact) mass is 348 g/mol. The predicted octanol–water partition coefficient (Wildman–Crippen LogP) is 6.15. The summed E-state index contributed by atoms with van der Waals surface area (Å²) in [6.07, 6.45) is 15.8. The van der Waals surface area contributed by atoms with Gasteiger partial charge in [-0.3, -0.25) is 4.79 Å². The Bertz CT molecular complexity index is 259. The van der Waals surface area contributed by atoms with Crippen molar-refractivity contribution in [2.75, 3.05) is 0 Å². The Morgan fingerprint density at radius 2 is 1.23 bits per heavy atom. The molecule has 2 unspecified atom stereocenters. The van der Waals surface area contributed by atoms with Gasteiger partial charge < -0.3 is 5.11 Å². The van der Waals surface area contributed by atoms with Gasteiger partial charge in [-0.05, 0) is 32.1 Å². The molecule has 4 heteroatoms. The van der Waals surface area contributed by atoms with Gasteiger partial charge in [0.05, 0.1) is 0 Å². The molecular formula is C18H36O2S2. The number of hydrogen-bond donors (Lipinski definition) is 3. The lowest BCUT2D eigenvalue weighted by molar-refractivity contribution is -0.137. The fourth-order valence-electron chi connectivity index (χ4n) is 2.67. The average molecular weight is 349 g/mol. The quantitative estimate of drug-likeness (QED) is 0.231. The third kappa shape index (κ3) is 16.5. The fraction of sp³-hybridized carbons (Fsp3) is 0.944. The van der Waals surface area contributed by atoms with Crippen LogP contribution in [0.15, 0.2) is 0 Å². The molecule has 2 nitrogen and oxygen atoms in total. The molecule has 0 saturated heterocycles. The smallest absolute Gasteiger partial charge is 0.303 e. The van der Waals surface area contributed by atoms with Crippen molar-refractivity contribution >= 4 is 31.2 Å². The first-order chi connectivity index (χ1) is 10.6. The third-order valence-corrected chi connectivity index (χ3v) is 5.18. The molecule has 1 N–H and O–H groups in total. The lowest BCUT2D eigenvalue weighted by Gasteiger charge is -2.14. The molecule has 0 spiro atoms. The minimum Gasteiger partial charge on any atom is -0.481 e. The highest BCUT2D eigenvalue weighted by Crippen LogP contribution is 2.20. The SMILES string of the molecule is CCCCCC(S)CCC(S)CCCCCCCCC(=O)O. The van der Waals surface area contributed by atoms with E-state index in [4.69, 9.17) is 17.7 Å². The van der Waals surface area contributed by atoms with Gasteiger partial charge in [-0.1, -0.05) is 58.3 Å². The summed E-state index contributed by atoms with van der Waals surface area (Å²) in [5.41, 5.74) is 0. The van der Waals surface area contributed by atoms with Crippen LogP contribution in [-0.4, -0.2) is 21.6 Å². The van der Waals surface area contributed by atoms with Gasteiger partial charge in [-0.25, -0.2) is 0 Å². The van der Waals surface area contributed by atoms with Crippen LogP contribution in [0.4, 0.5) is 0 Å². The van der Waals surface area contributed by atoms with E-state index in [2.05, 4.69) is 19.6 Å². The van der Waals surface area contributed by atoms with Crippen molar-refractivity contribution < 1.29 is 9.90 Å². The number of rotatable bonds is 16. The molecule has 0 amide bonds. The van der Waals surface area contributed by atoms with Crippen molar-refractivity contribution in [2.45, 2.75) is 107 Å². The molecule has 0 aliphatic carbocycles. The predicted molar refractivity (Wildman–Crippen MR) is 103 cm³/mol. The summed E-state index contributed by atoms with van der Waals surface area (Å²) in [7, 11) is 0. The summed E-state index contributed by atoms with van der Waals surface area (Å²) in [5, 5.41) is 9.62. The second-order valence-electron chi connectivity index (χ2n) is 6.43. The fourth-order valence-corrected chi connectivity index (χ4v) is 3.33. The molecule has 0 fully saturated rings. The maximum absolute atomic E-state index is 10.4. The van der Waals surface area contributed by atoms with Gasteiger partial charge in [-0.2, -0.15) is 25.3 Å². The van der Waals surface area contributed by atoms with Crippen LogP contribution in [0.3, 0.4) is 0 Å². The molecule has 22 heavy (non-hydrogen) atoms. The second-order valence-corrected chi connectivity index (χ2v) is 7.90. The highest BCUT2D eigenvalue weighted by Gasteiger charge is 2.08. The van der Waals surface area contributed by atoms with Crippen LogP contribution in [0, 0.1) is 0 Å². The summed E-state index contributed by atoms with van der Waals surface area (Å²) in [6.45, 7) is 2.24. The van der Waals surface area contributed by atoms with Crippen LogP contribution in [0.5, 0.6) is 0 Å². The Morgan fingerprint density at radius 3 is 1.73 bits per heavy atom. The molecule has 0 rings (SSSR count). The second kappa shape index (κ2) is 16.0. The van der Waals surface area contributed by atoms with Gasteiger partial charge in [0.1, 0.15) is 0 Å². The molecule has 0 heterocycles. The first-order valence-electron chi connectivity index (χ1n) is 9.14. The minimum atomic E-state index is -0.671. The Morgan fingerprint density at radius 1 is 0.773 bits per heavy atom. The van der Waals surface area contributed by atoms with E-state index >= 15 is 0 Å². The first-order valence-corrected chi connectivity index (χ1v) is 10.2. The number of carboxylic acids is 1. The normalized spacial score (nSPS) is 14.0. The van der Waals surface area contributed by atoms with Crippen molar-refractivity contribution in [3.63, 3.8) is 0 Å². The molecule has 0 saturated carbocycles. The van der Waals surface area contributed by atoms with Gasteiger partial charge in [0, 0.05) is 16.9 Å². The third-order valence-electron chi connectivity index (χ3n) is 4.15. The number of thiol groups is 2. The van der Waals surface area contributed by atoms with Crippen LogP contribution in [0.25, 0.3) is 0 Å². The molecule has 2 atom stereocenters. The maximum atomic E-state index is 10.4. The highest BCUT2D eigenvalue weighted by atomic mass is 32.1. The van der Waals surface area contributed by atoms with E-state index in [0.717, 1.165) is 12.8 Å². The van der Waals surface area contributed by atoms with Gasteiger partial charge >= 0.3 is 5.97 Å². The molecule has 0 aromatic carbocycles. The number of carbonyl (C=O) groups is 1. The Labute approximate surface area is 148 Å². The number of aliphatic carboxylic acids is 1. The van der Waals surface area contributed by atoms with E-state index in [1.165, 1.54) is 70.6 Å². The van der Waals surface area contributed by atoms with E-state index < -0.39 is 5.97 Å². The zero-order valence-electron chi connectivity index (χ0n) is 14.3. The van der Waals surface area contributed by atoms with Crippen LogP contribution in [0.2, 0.25) is 0 Å². The lowest BCUT2D eigenvalue weighted by atomic mass is 10.0. The van der Waals surface area contributed by atoms with Crippen molar-refractivity contribution in [3.05, 3.63) is 0 Å². The topological polar surface area (TPSA) is 37.3 Å². The Kier molecular flexibility index (Phi) is 16.2. The molecule has 0 aromatic heterocycles. The average Bonchev–Trinajstić information content (AvgIpc) is 2.47. The first kappa shape index (κ1) is 22.2. The largest absolute Gasteiger partial charge is 0.481 e. The van der Waals surface area contributed by atoms with Crippen LogP contribution >= 0.6 is 25.3 Å². The highest BCUT2D eigenvalue weighted by molar-refractivity contribution is 7.81. The summed E-state index contributed by atoms with van der Waals surface area (Å²) < 4.78 is 0. The van der Waals surface area contributed by atoms with E-state index in [0.29, 0.717) is 16.9 Å². The van der Waals surface area contributed by atoms with Gasteiger partial charge in [0.15, 0.2) is 0 Å². The molecule has 0 bridgehead atoms. The minimum absolute atomic E-state index is 0.321.